The molecule has 1 N–H and O–H groups in total. The van der Waals surface area contributed by atoms with E-state index in [2.05, 4.69) is 21.2 Å². The van der Waals surface area contributed by atoms with Gasteiger partial charge in [-0.2, -0.15) is 0 Å². The van der Waals surface area contributed by atoms with Crippen LogP contribution in [0.25, 0.3) is 0 Å². The van der Waals surface area contributed by atoms with Gasteiger partial charge < -0.3 is 19.7 Å². The molecule has 3 rings (SSSR count). The first-order valence-corrected chi connectivity index (χ1v) is 13.1. The Morgan fingerprint density at radius 1 is 1.05 bits per heavy atom. The number of urea groups is 1. The number of rotatable bonds is 8. The molecule has 202 valence electrons. The first-order chi connectivity index (χ1) is 17.9. The normalized spacial score (nSPS) is 11.0. The van der Waals surface area contributed by atoms with Gasteiger partial charge in [-0.15, -0.1) is 0 Å². The third-order valence-corrected chi connectivity index (χ3v) is 5.97. The minimum atomic E-state index is -0.622. The average Bonchev–Trinajstić information content (AvgIpc) is 2.85. The van der Waals surface area contributed by atoms with Crippen molar-refractivity contribution in [1.82, 2.24) is 10.2 Å². The zero-order chi connectivity index (χ0) is 27.9. The average molecular weight is 607 g/mol. The Bertz CT molecular complexity index is 1270. The number of para-hydroxylation sites is 1. The molecule has 0 aromatic heterocycles. The number of amides is 3. The largest absolute Gasteiger partial charge is 0.457 e. The Kier molecular flexibility index (Phi) is 9.99. The Balaban J connectivity index is 1.76. The van der Waals surface area contributed by atoms with E-state index in [1.165, 1.54) is 18.2 Å². The van der Waals surface area contributed by atoms with Crippen LogP contribution in [0, 0.1) is 5.82 Å². The van der Waals surface area contributed by atoms with Crippen molar-refractivity contribution in [3.8, 4) is 11.5 Å². The number of carbonyl (C=O) groups excluding carboxylic acids is 2. The fraction of sp³-hybridized carbons (Fsp3) is 0.286. The third kappa shape index (κ3) is 8.63. The summed E-state index contributed by atoms with van der Waals surface area (Å²) in [5, 5.41) is 2.65. The van der Waals surface area contributed by atoms with Gasteiger partial charge in [0, 0.05) is 41.9 Å². The van der Waals surface area contributed by atoms with Crippen molar-refractivity contribution in [2.75, 3.05) is 25.0 Å². The van der Waals surface area contributed by atoms with Crippen LogP contribution in [-0.4, -0.2) is 42.8 Å². The second-order valence-electron chi connectivity index (χ2n) is 9.48. The van der Waals surface area contributed by atoms with Crippen molar-refractivity contribution in [2.24, 2.45) is 0 Å². The second-order valence-corrected chi connectivity index (χ2v) is 10.8. The molecule has 10 heteroatoms. The number of nitrogens with one attached hydrogen (secondary N) is 1. The van der Waals surface area contributed by atoms with E-state index in [9.17, 15) is 14.0 Å². The standard InChI is InChI=1S/C28H30BrClFN3O4/c1-28(2,3)38-26(35)32-14-15-34(21-8-6-5-7-9-21)27(36)33(4)18-19-10-11-20(29)16-25(19)37-22-12-13-24(31)23(30)17-22/h5-13,16-17H,14-15,18H2,1-4H3,(H,32,35). The van der Waals surface area contributed by atoms with Crippen LogP contribution in [0.1, 0.15) is 26.3 Å². The summed E-state index contributed by atoms with van der Waals surface area (Å²) >= 11 is 9.35. The number of hydrogen-bond donors (Lipinski definition) is 1. The topological polar surface area (TPSA) is 71.1 Å². The van der Waals surface area contributed by atoms with E-state index < -0.39 is 17.5 Å². The number of carbonyl (C=O) groups is 2. The van der Waals surface area contributed by atoms with Crippen LogP contribution in [0.4, 0.5) is 19.7 Å². The molecule has 0 atom stereocenters. The monoisotopic (exact) mass is 605 g/mol. The molecule has 0 aliphatic heterocycles. The molecule has 3 amide bonds. The molecule has 0 aliphatic rings. The number of ether oxygens (including phenoxy) is 2. The van der Waals surface area contributed by atoms with E-state index in [-0.39, 0.29) is 30.7 Å². The van der Waals surface area contributed by atoms with Crippen LogP contribution in [-0.2, 0) is 11.3 Å². The molecule has 0 heterocycles. The molecule has 0 bridgehead atoms. The molecule has 3 aromatic carbocycles. The van der Waals surface area contributed by atoms with Gasteiger partial charge in [-0.25, -0.2) is 14.0 Å². The van der Waals surface area contributed by atoms with Gasteiger partial charge in [0.25, 0.3) is 0 Å². The fourth-order valence-electron chi connectivity index (χ4n) is 3.48. The summed E-state index contributed by atoms with van der Waals surface area (Å²) < 4.78 is 25.6. The minimum Gasteiger partial charge on any atom is -0.457 e. The van der Waals surface area contributed by atoms with Crippen LogP contribution in [0.15, 0.2) is 71.2 Å². The molecule has 0 fully saturated rings. The summed E-state index contributed by atoms with van der Waals surface area (Å²) in [6.07, 6.45) is -0.552. The molecular weight excluding hydrogens is 577 g/mol. The van der Waals surface area contributed by atoms with Crippen LogP contribution in [0.5, 0.6) is 11.5 Å². The van der Waals surface area contributed by atoms with E-state index in [1.54, 1.807) is 43.7 Å². The van der Waals surface area contributed by atoms with Crippen LogP contribution in [0.2, 0.25) is 5.02 Å². The molecule has 0 aliphatic carbocycles. The Morgan fingerprint density at radius 2 is 1.76 bits per heavy atom. The van der Waals surface area contributed by atoms with Crippen LogP contribution < -0.4 is 15.0 Å². The van der Waals surface area contributed by atoms with Gasteiger partial charge in [-0.05, 0) is 57.2 Å². The predicted octanol–water partition coefficient (Wildman–Crippen LogP) is 7.62. The molecule has 0 unspecified atom stereocenters. The smallest absolute Gasteiger partial charge is 0.407 e. The number of nitrogens with zero attached hydrogens (tertiary/aromatic N) is 2. The van der Waals surface area contributed by atoms with E-state index >= 15 is 0 Å². The maximum atomic E-state index is 13.6. The number of benzene rings is 3. The lowest BCUT2D eigenvalue weighted by Crippen LogP contribution is -2.45. The van der Waals surface area contributed by atoms with Gasteiger partial charge >= 0.3 is 12.1 Å². The zero-order valence-electron chi connectivity index (χ0n) is 21.6. The lowest BCUT2D eigenvalue weighted by molar-refractivity contribution is 0.0529. The first-order valence-electron chi connectivity index (χ1n) is 11.9. The van der Waals surface area contributed by atoms with Crippen LogP contribution in [0.3, 0.4) is 0 Å². The molecular formula is C28H30BrClFN3O4. The van der Waals surface area contributed by atoms with Crippen LogP contribution >= 0.6 is 27.5 Å². The quantitative estimate of drug-likeness (QED) is 0.286. The van der Waals surface area contributed by atoms with Gasteiger partial charge in [-0.3, -0.25) is 4.90 Å². The number of anilines is 1. The van der Waals surface area contributed by atoms with E-state index in [4.69, 9.17) is 21.1 Å². The highest BCUT2D eigenvalue weighted by Gasteiger charge is 2.22. The SMILES string of the molecule is CN(Cc1ccc(Br)cc1Oc1ccc(F)c(Cl)c1)C(=O)N(CCNC(=O)OC(C)(C)C)c1ccccc1. The Hall–Kier alpha value is -3.30. The summed E-state index contributed by atoms with van der Waals surface area (Å²) in [6.45, 7) is 6.00. The van der Waals surface area contributed by atoms with Gasteiger partial charge in [0.2, 0.25) is 0 Å². The van der Waals surface area contributed by atoms with Crippen molar-refractivity contribution >= 4 is 45.3 Å². The summed E-state index contributed by atoms with van der Waals surface area (Å²) in [4.78, 5) is 28.8. The lowest BCUT2D eigenvalue weighted by atomic mass is 10.2. The molecule has 3 aromatic rings. The van der Waals surface area contributed by atoms with Gasteiger partial charge in [-0.1, -0.05) is 51.8 Å². The molecule has 7 nitrogen and oxygen atoms in total. The summed E-state index contributed by atoms with van der Waals surface area (Å²) in [5.41, 5.74) is 0.788. The molecule has 0 saturated heterocycles. The maximum Gasteiger partial charge on any atom is 0.407 e. The maximum absolute atomic E-state index is 13.6. The second kappa shape index (κ2) is 13.0. The van der Waals surface area contributed by atoms with E-state index in [0.29, 0.717) is 17.2 Å². The van der Waals surface area contributed by atoms with Crippen molar-refractivity contribution in [3.63, 3.8) is 0 Å². The number of alkyl carbamates (subject to hydrolysis) is 1. The Morgan fingerprint density at radius 3 is 2.42 bits per heavy atom. The summed E-state index contributed by atoms with van der Waals surface area (Å²) in [6, 6.07) is 18.5. The van der Waals surface area contributed by atoms with Crippen molar-refractivity contribution < 1.29 is 23.5 Å². The highest BCUT2D eigenvalue weighted by Crippen LogP contribution is 2.31. The summed E-state index contributed by atoms with van der Waals surface area (Å²) in [7, 11) is 1.68. The van der Waals surface area contributed by atoms with Gasteiger partial charge in [0.1, 0.15) is 22.9 Å². The van der Waals surface area contributed by atoms with Crippen molar-refractivity contribution in [1.29, 1.82) is 0 Å². The summed E-state index contributed by atoms with van der Waals surface area (Å²) in [5.74, 6) is 0.310. The van der Waals surface area contributed by atoms with Crippen molar-refractivity contribution in [3.05, 3.63) is 87.6 Å². The molecule has 0 spiro atoms. The van der Waals surface area contributed by atoms with Crippen molar-refractivity contribution in [2.45, 2.75) is 32.9 Å². The minimum absolute atomic E-state index is 0.0511. The van der Waals surface area contributed by atoms with E-state index in [0.717, 1.165) is 10.0 Å². The molecule has 0 saturated carbocycles. The zero-order valence-corrected chi connectivity index (χ0v) is 24.0. The lowest BCUT2D eigenvalue weighted by Gasteiger charge is -2.29. The highest BCUT2D eigenvalue weighted by molar-refractivity contribution is 9.10. The number of hydrogen-bond acceptors (Lipinski definition) is 4. The third-order valence-electron chi connectivity index (χ3n) is 5.18. The first kappa shape index (κ1) is 29.3. The van der Waals surface area contributed by atoms with Gasteiger partial charge in [0.15, 0.2) is 0 Å². The predicted molar refractivity (Wildman–Crippen MR) is 151 cm³/mol. The molecule has 38 heavy (non-hydrogen) atoms. The Labute approximate surface area is 235 Å². The number of halogens is 3. The van der Waals surface area contributed by atoms with Gasteiger partial charge in [0.05, 0.1) is 11.6 Å². The fourth-order valence-corrected chi connectivity index (χ4v) is 3.99. The highest BCUT2D eigenvalue weighted by atomic mass is 79.9. The van der Waals surface area contributed by atoms with E-state index in [1.807, 2.05) is 42.5 Å². The molecule has 0 radical (unpaired) electrons.